The van der Waals surface area contributed by atoms with E-state index in [2.05, 4.69) is 0 Å². The Kier molecular flexibility index (Phi) is 5.11. The lowest BCUT2D eigenvalue weighted by molar-refractivity contribution is -0.139. The van der Waals surface area contributed by atoms with Gasteiger partial charge in [-0.2, -0.15) is 0 Å². The molecule has 0 spiro atoms. The van der Waals surface area contributed by atoms with Gasteiger partial charge in [0.15, 0.2) is 0 Å². The number of carbonyl (C=O) groups excluding carboxylic acids is 4. The Morgan fingerprint density at radius 1 is 0.933 bits per heavy atom. The van der Waals surface area contributed by atoms with Crippen molar-refractivity contribution >= 4 is 35.1 Å². The second-order valence-corrected chi connectivity index (χ2v) is 7.66. The highest BCUT2D eigenvalue weighted by Crippen LogP contribution is 2.31. The van der Waals surface area contributed by atoms with Crippen LogP contribution in [0.4, 0.5) is 11.4 Å². The van der Waals surface area contributed by atoms with E-state index < -0.39 is 11.9 Å². The van der Waals surface area contributed by atoms with Crippen molar-refractivity contribution in [3.05, 3.63) is 53.6 Å². The van der Waals surface area contributed by atoms with E-state index >= 15 is 0 Å². The molecule has 0 aromatic heterocycles. The minimum absolute atomic E-state index is 0.0983. The number of amides is 3. The number of aryl methyl sites for hydroxylation is 1. The number of esters is 1. The van der Waals surface area contributed by atoms with Crippen LogP contribution in [0.5, 0.6) is 5.75 Å². The highest BCUT2D eigenvalue weighted by Gasteiger charge is 2.37. The van der Waals surface area contributed by atoms with Crippen molar-refractivity contribution < 1.29 is 23.9 Å². The molecule has 0 bridgehead atoms. The molecule has 1 atom stereocenters. The van der Waals surface area contributed by atoms with Gasteiger partial charge in [0.25, 0.3) is 0 Å². The van der Waals surface area contributed by atoms with Gasteiger partial charge in [0.2, 0.25) is 17.7 Å². The van der Waals surface area contributed by atoms with Crippen LogP contribution in [-0.4, -0.2) is 30.2 Å². The molecule has 2 heterocycles. The fraction of sp³-hybridized carbons (Fsp3) is 0.304. The molecule has 2 saturated heterocycles. The lowest BCUT2D eigenvalue weighted by Gasteiger charge is -2.20. The van der Waals surface area contributed by atoms with Crippen molar-refractivity contribution in [3.63, 3.8) is 0 Å². The first-order valence-electron chi connectivity index (χ1n) is 9.89. The molecule has 2 aromatic carbocycles. The second-order valence-electron chi connectivity index (χ2n) is 7.66. The van der Waals surface area contributed by atoms with Gasteiger partial charge in [-0.05, 0) is 55.3 Å². The van der Waals surface area contributed by atoms with E-state index in [1.165, 1.54) is 0 Å². The van der Waals surface area contributed by atoms with Gasteiger partial charge in [0.1, 0.15) is 5.75 Å². The molecule has 0 N–H and O–H groups in total. The van der Waals surface area contributed by atoms with Gasteiger partial charge < -0.3 is 9.64 Å². The van der Waals surface area contributed by atoms with Gasteiger partial charge in [-0.1, -0.05) is 12.1 Å². The van der Waals surface area contributed by atoms with Crippen molar-refractivity contribution in [2.45, 2.75) is 33.1 Å². The summed E-state index contributed by atoms with van der Waals surface area (Å²) in [6.45, 7) is 4.22. The summed E-state index contributed by atoms with van der Waals surface area (Å²) in [5.41, 5.74) is 3.38. The van der Waals surface area contributed by atoms with Crippen molar-refractivity contribution in [3.8, 4) is 5.75 Å². The largest absolute Gasteiger partial charge is 0.426 e. The highest BCUT2D eigenvalue weighted by molar-refractivity contribution is 6.19. The third-order valence-corrected chi connectivity index (χ3v) is 5.69. The Bertz CT molecular complexity index is 1030. The van der Waals surface area contributed by atoms with Crippen LogP contribution in [0.25, 0.3) is 0 Å². The lowest BCUT2D eigenvalue weighted by Crippen LogP contribution is -2.28. The van der Waals surface area contributed by atoms with Crippen molar-refractivity contribution in [1.29, 1.82) is 0 Å². The zero-order valence-electron chi connectivity index (χ0n) is 16.9. The number of rotatable bonds is 4. The maximum Gasteiger partial charge on any atom is 0.316 e. The van der Waals surface area contributed by atoms with Crippen LogP contribution in [0, 0.1) is 19.8 Å². The topological polar surface area (TPSA) is 84.0 Å². The molecule has 2 aliphatic rings. The Balaban J connectivity index is 1.43. The molecule has 4 rings (SSSR count). The summed E-state index contributed by atoms with van der Waals surface area (Å²) in [5.74, 6) is -1.30. The van der Waals surface area contributed by atoms with E-state index in [0.717, 1.165) is 21.7 Å². The molecule has 2 aromatic rings. The summed E-state index contributed by atoms with van der Waals surface area (Å²) in [5, 5.41) is 0. The maximum atomic E-state index is 12.6. The van der Waals surface area contributed by atoms with E-state index in [1.807, 2.05) is 32.0 Å². The van der Waals surface area contributed by atoms with Crippen LogP contribution < -0.4 is 14.5 Å². The average Bonchev–Trinajstić information content (AvgIpc) is 3.27. The Labute approximate surface area is 174 Å². The molecule has 3 amide bonds. The number of hydrogen-bond acceptors (Lipinski definition) is 5. The second kappa shape index (κ2) is 7.74. The Morgan fingerprint density at radius 2 is 1.60 bits per heavy atom. The van der Waals surface area contributed by atoms with Gasteiger partial charge in [0.05, 0.1) is 11.6 Å². The summed E-state index contributed by atoms with van der Waals surface area (Å²) < 4.78 is 5.45. The van der Waals surface area contributed by atoms with Crippen molar-refractivity contribution in [1.82, 2.24) is 0 Å². The first-order chi connectivity index (χ1) is 14.3. The standard InChI is InChI=1S/C23H22N2O5/c1-14-4-3-5-19(15(14)2)24-13-16(12-22(24)28)23(29)30-18-8-6-17(7-9-18)25-20(26)10-11-21(25)27/h3-9,16H,10-13H2,1-2H3/t16-/m1/s1. The van der Waals surface area contributed by atoms with E-state index in [-0.39, 0.29) is 43.5 Å². The van der Waals surface area contributed by atoms with Gasteiger partial charge in [0, 0.05) is 31.5 Å². The van der Waals surface area contributed by atoms with Crippen LogP contribution in [0.1, 0.15) is 30.4 Å². The zero-order chi connectivity index (χ0) is 21.4. The van der Waals surface area contributed by atoms with E-state index in [9.17, 15) is 19.2 Å². The molecule has 2 aliphatic heterocycles. The SMILES string of the molecule is Cc1cccc(N2C[C@H](C(=O)Oc3ccc(N4C(=O)CCC4=O)cc3)CC2=O)c1C. The molecule has 0 saturated carbocycles. The van der Waals surface area contributed by atoms with Crippen LogP contribution in [-0.2, 0) is 19.2 Å². The third kappa shape index (κ3) is 3.58. The fourth-order valence-electron chi connectivity index (χ4n) is 3.85. The number of benzene rings is 2. The fourth-order valence-corrected chi connectivity index (χ4v) is 3.85. The number of anilines is 2. The molecule has 0 aliphatic carbocycles. The maximum absolute atomic E-state index is 12.6. The van der Waals surface area contributed by atoms with Crippen molar-refractivity contribution in [2.75, 3.05) is 16.3 Å². The number of hydrogen-bond donors (Lipinski definition) is 0. The summed E-state index contributed by atoms with van der Waals surface area (Å²) in [7, 11) is 0. The smallest absolute Gasteiger partial charge is 0.316 e. The molecule has 154 valence electrons. The first kappa shape index (κ1) is 19.8. The number of ether oxygens (including phenoxy) is 1. The molecule has 7 heteroatoms. The molecular weight excluding hydrogens is 384 g/mol. The van der Waals surface area contributed by atoms with Gasteiger partial charge in [-0.25, -0.2) is 0 Å². The summed E-state index contributed by atoms with van der Waals surface area (Å²) in [4.78, 5) is 51.6. The molecular formula is C23H22N2O5. The summed E-state index contributed by atoms with van der Waals surface area (Å²) >= 11 is 0. The van der Waals surface area contributed by atoms with Crippen LogP contribution in [0.15, 0.2) is 42.5 Å². The lowest BCUT2D eigenvalue weighted by atomic mass is 10.1. The number of imide groups is 1. The zero-order valence-corrected chi connectivity index (χ0v) is 16.9. The number of nitrogens with zero attached hydrogens (tertiary/aromatic N) is 2. The van der Waals surface area contributed by atoms with Crippen LogP contribution >= 0.6 is 0 Å². The van der Waals surface area contributed by atoms with E-state index in [1.54, 1.807) is 29.2 Å². The normalized spacial score (nSPS) is 19.0. The predicted molar refractivity (Wildman–Crippen MR) is 110 cm³/mol. The van der Waals surface area contributed by atoms with E-state index in [0.29, 0.717) is 11.4 Å². The quantitative estimate of drug-likeness (QED) is 0.443. The minimum atomic E-state index is -0.557. The molecule has 30 heavy (non-hydrogen) atoms. The third-order valence-electron chi connectivity index (χ3n) is 5.69. The molecule has 7 nitrogen and oxygen atoms in total. The minimum Gasteiger partial charge on any atom is -0.426 e. The molecule has 0 unspecified atom stereocenters. The average molecular weight is 406 g/mol. The molecule has 2 fully saturated rings. The molecule has 0 radical (unpaired) electrons. The van der Waals surface area contributed by atoms with Gasteiger partial charge in [-0.15, -0.1) is 0 Å². The monoisotopic (exact) mass is 406 g/mol. The highest BCUT2D eigenvalue weighted by atomic mass is 16.5. The summed E-state index contributed by atoms with van der Waals surface area (Å²) in [6, 6.07) is 12.0. The van der Waals surface area contributed by atoms with E-state index in [4.69, 9.17) is 4.74 Å². The van der Waals surface area contributed by atoms with Crippen LogP contribution in [0.3, 0.4) is 0 Å². The Morgan fingerprint density at radius 3 is 2.27 bits per heavy atom. The summed E-state index contributed by atoms with van der Waals surface area (Å²) in [6.07, 6.45) is 0.519. The Hall–Kier alpha value is -3.48. The van der Waals surface area contributed by atoms with Gasteiger partial charge >= 0.3 is 5.97 Å². The van der Waals surface area contributed by atoms with Crippen molar-refractivity contribution in [2.24, 2.45) is 5.92 Å². The number of carbonyl (C=O) groups is 4. The predicted octanol–water partition coefficient (Wildman–Crippen LogP) is 2.92. The van der Waals surface area contributed by atoms with Crippen LogP contribution in [0.2, 0.25) is 0 Å². The van der Waals surface area contributed by atoms with Gasteiger partial charge in [-0.3, -0.25) is 24.1 Å². The first-order valence-corrected chi connectivity index (χ1v) is 9.89.